The summed E-state index contributed by atoms with van der Waals surface area (Å²) in [6.45, 7) is 3.58. The van der Waals surface area contributed by atoms with Crippen molar-refractivity contribution in [1.82, 2.24) is 14.6 Å². The second-order valence-electron chi connectivity index (χ2n) is 7.73. The fourth-order valence-corrected chi connectivity index (χ4v) is 3.88. The van der Waals surface area contributed by atoms with Crippen LogP contribution >= 0.6 is 0 Å². The van der Waals surface area contributed by atoms with E-state index in [0.29, 0.717) is 16.6 Å². The monoisotopic (exact) mass is 429 g/mol. The fraction of sp³-hybridized carbons (Fsp3) is 0.208. The molecular weight excluding hydrogens is 409 g/mol. The summed E-state index contributed by atoms with van der Waals surface area (Å²) < 4.78 is 21.2. The Hall–Kier alpha value is -4.12. The first-order chi connectivity index (χ1) is 15.6. The molecule has 3 aromatic heterocycles. The number of anilines is 1. The third kappa shape index (κ3) is 3.48. The van der Waals surface area contributed by atoms with Crippen molar-refractivity contribution in [3.63, 3.8) is 0 Å². The van der Waals surface area contributed by atoms with Gasteiger partial charge in [-0.15, -0.1) is 5.10 Å². The van der Waals surface area contributed by atoms with Crippen LogP contribution in [0.25, 0.3) is 16.6 Å². The van der Waals surface area contributed by atoms with Crippen LogP contribution in [0.3, 0.4) is 0 Å². The third-order valence-electron chi connectivity index (χ3n) is 5.65. The minimum atomic E-state index is -0.875. The summed E-state index contributed by atoms with van der Waals surface area (Å²) in [5, 5.41) is 23.0. The maximum Gasteiger partial charge on any atom is 0.251 e. The van der Waals surface area contributed by atoms with E-state index < -0.39 is 5.95 Å². The van der Waals surface area contributed by atoms with Gasteiger partial charge in [0.2, 0.25) is 0 Å². The summed E-state index contributed by atoms with van der Waals surface area (Å²) in [6, 6.07) is 15.2. The minimum absolute atomic E-state index is 0.0849. The number of fused-ring (bicyclic) bond motifs is 1. The van der Waals surface area contributed by atoms with Gasteiger partial charge in [-0.2, -0.15) is 9.65 Å². The molecule has 4 aromatic rings. The van der Waals surface area contributed by atoms with Crippen LogP contribution in [0.15, 0.2) is 54.9 Å². The van der Waals surface area contributed by atoms with Gasteiger partial charge >= 0.3 is 0 Å². The van der Waals surface area contributed by atoms with E-state index in [2.05, 4.69) is 34.0 Å². The summed E-state index contributed by atoms with van der Waals surface area (Å²) in [6.07, 6.45) is 4.01. The lowest BCUT2D eigenvalue weighted by atomic mass is 10.0. The first-order valence-electron chi connectivity index (χ1n) is 10.3. The molecule has 32 heavy (non-hydrogen) atoms. The molecule has 1 aromatic carbocycles. The summed E-state index contributed by atoms with van der Waals surface area (Å²) >= 11 is 0. The Bertz CT molecular complexity index is 1320. The van der Waals surface area contributed by atoms with Crippen molar-refractivity contribution in [2.45, 2.75) is 19.4 Å². The second kappa shape index (κ2) is 7.85. The molecule has 160 valence electrons. The maximum absolute atomic E-state index is 14.0. The fourth-order valence-electron chi connectivity index (χ4n) is 3.88. The van der Waals surface area contributed by atoms with Gasteiger partial charge in [0, 0.05) is 17.3 Å². The topological polar surface area (TPSA) is 86.7 Å². The summed E-state index contributed by atoms with van der Waals surface area (Å²) in [4.78, 5) is 6.63. The average molecular weight is 429 g/mol. The predicted molar refractivity (Wildman–Crippen MR) is 117 cm³/mol. The standard InChI is InChI=1S/C24H20FN5O2/c1-2-15-3-6-18(7-4-15)32-19-13-29(14-19)22-8-5-16(11-27-22)20-9-17(31)12-30-23(20)21(10-26)24(25)28-30/h3-9,11-12,19,31H,2,13-14H2,1H3. The van der Waals surface area contributed by atoms with Gasteiger partial charge in [0.25, 0.3) is 5.95 Å². The quantitative estimate of drug-likeness (QED) is 0.517. The van der Waals surface area contributed by atoms with Crippen molar-refractivity contribution in [2.75, 3.05) is 18.0 Å². The number of rotatable bonds is 5. The Kier molecular flexibility index (Phi) is 4.86. The lowest BCUT2D eigenvalue weighted by Gasteiger charge is -2.39. The normalized spacial score (nSPS) is 13.7. The number of aryl methyl sites for hydroxylation is 1. The molecule has 1 saturated heterocycles. The molecule has 0 bridgehead atoms. The number of halogens is 1. The first kappa shape index (κ1) is 19.8. The largest absolute Gasteiger partial charge is 0.506 e. The molecule has 0 unspecified atom stereocenters. The van der Waals surface area contributed by atoms with Crippen LogP contribution in [0.1, 0.15) is 18.1 Å². The zero-order valence-corrected chi connectivity index (χ0v) is 17.4. The zero-order chi connectivity index (χ0) is 22.2. The third-order valence-corrected chi connectivity index (χ3v) is 5.65. The van der Waals surface area contributed by atoms with E-state index >= 15 is 0 Å². The van der Waals surface area contributed by atoms with Gasteiger partial charge in [-0.25, -0.2) is 9.50 Å². The van der Waals surface area contributed by atoms with Crippen LogP contribution in [0.2, 0.25) is 0 Å². The molecule has 0 aliphatic carbocycles. The van der Waals surface area contributed by atoms with Crippen molar-refractivity contribution in [1.29, 1.82) is 5.26 Å². The lowest BCUT2D eigenvalue weighted by molar-refractivity contribution is 0.167. The molecule has 1 aliphatic rings. The molecule has 8 heteroatoms. The van der Waals surface area contributed by atoms with E-state index in [9.17, 15) is 14.8 Å². The number of benzene rings is 1. The SMILES string of the molecule is CCc1ccc(OC2CN(c3ccc(-c4cc(O)cn5nc(F)c(C#N)c45)cn3)C2)cc1. The Morgan fingerprint density at radius 3 is 2.66 bits per heavy atom. The molecule has 0 saturated carbocycles. The van der Waals surface area contributed by atoms with Crippen LogP contribution in [0, 0.1) is 17.3 Å². The smallest absolute Gasteiger partial charge is 0.251 e. The summed E-state index contributed by atoms with van der Waals surface area (Å²) in [7, 11) is 0. The molecule has 5 rings (SSSR count). The highest BCUT2D eigenvalue weighted by molar-refractivity contribution is 5.85. The van der Waals surface area contributed by atoms with Gasteiger partial charge in [-0.3, -0.25) is 0 Å². The van der Waals surface area contributed by atoms with E-state index in [1.165, 1.54) is 22.3 Å². The van der Waals surface area contributed by atoms with Crippen molar-refractivity contribution in [2.24, 2.45) is 0 Å². The van der Waals surface area contributed by atoms with E-state index in [-0.39, 0.29) is 17.4 Å². The van der Waals surface area contributed by atoms with E-state index in [1.807, 2.05) is 30.3 Å². The Morgan fingerprint density at radius 2 is 2.00 bits per heavy atom. The van der Waals surface area contributed by atoms with Gasteiger partial charge in [0.15, 0.2) is 0 Å². The highest BCUT2D eigenvalue weighted by atomic mass is 19.1. The molecule has 7 nitrogen and oxygen atoms in total. The van der Waals surface area contributed by atoms with Crippen LogP contribution in [0.5, 0.6) is 11.5 Å². The minimum Gasteiger partial charge on any atom is -0.506 e. The predicted octanol–water partition coefficient (Wildman–Crippen LogP) is 3.94. The number of aromatic hydroxyl groups is 1. The molecular formula is C24H20FN5O2. The maximum atomic E-state index is 14.0. The number of aromatic nitrogens is 3. The number of ether oxygens (including phenoxy) is 1. The van der Waals surface area contributed by atoms with E-state index in [1.54, 1.807) is 6.20 Å². The Morgan fingerprint density at radius 1 is 1.22 bits per heavy atom. The van der Waals surface area contributed by atoms with Gasteiger partial charge in [0.05, 0.1) is 24.8 Å². The first-order valence-corrected chi connectivity index (χ1v) is 10.3. The number of nitrogens with zero attached hydrogens (tertiary/aromatic N) is 5. The van der Waals surface area contributed by atoms with E-state index in [0.717, 1.165) is 31.1 Å². The lowest BCUT2D eigenvalue weighted by Crippen LogP contribution is -2.54. The highest BCUT2D eigenvalue weighted by Crippen LogP contribution is 2.32. The van der Waals surface area contributed by atoms with Gasteiger partial charge in [-0.05, 0) is 42.3 Å². The number of pyridine rings is 2. The molecule has 0 amide bonds. The number of hydrogen-bond donors (Lipinski definition) is 1. The van der Waals surface area contributed by atoms with Crippen molar-refractivity contribution >= 4 is 11.3 Å². The van der Waals surface area contributed by atoms with Crippen molar-refractivity contribution in [3.05, 3.63) is 71.9 Å². The van der Waals surface area contributed by atoms with Crippen molar-refractivity contribution in [3.8, 4) is 28.7 Å². The van der Waals surface area contributed by atoms with Crippen LogP contribution in [-0.4, -0.2) is 38.9 Å². The average Bonchev–Trinajstić information content (AvgIpc) is 3.10. The van der Waals surface area contributed by atoms with Gasteiger partial charge in [-0.1, -0.05) is 19.1 Å². The Balaban J connectivity index is 1.32. The van der Waals surface area contributed by atoms with Crippen molar-refractivity contribution < 1.29 is 14.2 Å². The Labute approximate surface area is 183 Å². The molecule has 0 spiro atoms. The van der Waals surface area contributed by atoms with Gasteiger partial charge < -0.3 is 14.7 Å². The zero-order valence-electron chi connectivity index (χ0n) is 17.4. The van der Waals surface area contributed by atoms with Crippen LogP contribution in [-0.2, 0) is 6.42 Å². The second-order valence-corrected chi connectivity index (χ2v) is 7.73. The molecule has 1 fully saturated rings. The highest BCUT2D eigenvalue weighted by Gasteiger charge is 2.29. The molecule has 4 heterocycles. The molecule has 1 N–H and O–H groups in total. The summed E-state index contributed by atoms with van der Waals surface area (Å²) in [5.74, 6) is 0.703. The summed E-state index contributed by atoms with van der Waals surface area (Å²) in [5.41, 5.74) is 2.54. The van der Waals surface area contributed by atoms with E-state index in [4.69, 9.17) is 4.74 Å². The van der Waals surface area contributed by atoms with Crippen LogP contribution < -0.4 is 9.64 Å². The molecule has 0 radical (unpaired) electrons. The van der Waals surface area contributed by atoms with Crippen LogP contribution in [0.4, 0.5) is 10.2 Å². The van der Waals surface area contributed by atoms with Gasteiger partial charge in [0.1, 0.15) is 35.1 Å². The number of hydrogen-bond acceptors (Lipinski definition) is 6. The molecule has 1 aliphatic heterocycles. The molecule has 0 atom stereocenters. The number of nitriles is 1.